The number of hydrogen-bond donors (Lipinski definition) is 1. The largest absolute Gasteiger partial charge is 0.508 e. The highest BCUT2D eigenvalue weighted by Gasteiger charge is 1.86. The van der Waals surface area contributed by atoms with Gasteiger partial charge in [0.25, 0.3) is 1.43 Å². The number of carbonyl (C=O) groups excluding carboxylic acids is 1. The Morgan fingerprint density at radius 3 is 2.67 bits per heavy atom. The molecule has 2 heteroatoms. The third-order valence-corrected chi connectivity index (χ3v) is 0.739. The lowest BCUT2D eigenvalue weighted by molar-refractivity contribution is 0.112. The van der Waals surface area contributed by atoms with Gasteiger partial charge in [-0.05, 0) is 24.2 Å². The van der Waals surface area contributed by atoms with Crippen LogP contribution in [0.1, 0.15) is 15.8 Å². The van der Waals surface area contributed by atoms with Crippen LogP contribution in [-0.4, -0.2) is 12.8 Å². The maximum Gasteiger partial charge on any atom is 0.293 e. The van der Waals surface area contributed by atoms with Gasteiger partial charge in [-0.1, -0.05) is 0 Å². The molecule has 2 nitrogen and oxygen atoms in total. The Labute approximate surface area is 59.9 Å². The van der Waals surface area contributed by atoms with Crippen molar-refractivity contribution in [2.75, 3.05) is 0 Å². The SMILES string of the molecule is [2H]Oc1c([2H])c([2H])c(C=O)c([2H])c1[2H]. The number of benzene rings is 1. The summed E-state index contributed by atoms with van der Waals surface area (Å²) in [6, 6.07) is -2.04. The highest BCUT2D eigenvalue weighted by molar-refractivity contribution is 5.74. The molecule has 0 bridgehead atoms. The Kier molecular flexibility index (Phi) is 0.548. The van der Waals surface area contributed by atoms with Crippen molar-refractivity contribution in [2.45, 2.75) is 0 Å². The lowest BCUT2D eigenvalue weighted by Gasteiger charge is -1.88. The molecule has 46 valence electrons. The van der Waals surface area contributed by atoms with Crippen molar-refractivity contribution in [1.82, 2.24) is 0 Å². The second-order valence-electron chi connectivity index (χ2n) is 1.36. The van der Waals surface area contributed by atoms with Crippen molar-refractivity contribution in [3.05, 3.63) is 29.7 Å². The van der Waals surface area contributed by atoms with Gasteiger partial charge in [0, 0.05) is 5.56 Å². The Morgan fingerprint density at radius 1 is 1.56 bits per heavy atom. The zero-order chi connectivity index (χ0) is 10.9. The van der Waals surface area contributed by atoms with Crippen molar-refractivity contribution < 1.29 is 15.4 Å². The molecule has 0 aromatic heterocycles. The van der Waals surface area contributed by atoms with Crippen LogP contribution in [0.4, 0.5) is 0 Å². The van der Waals surface area contributed by atoms with Crippen LogP contribution in [0.2, 0.25) is 0 Å². The van der Waals surface area contributed by atoms with E-state index in [1.54, 1.807) is 0 Å². The molecular formula is C7H6O2. The fraction of sp³-hybridized carbons (Fsp3) is 0. The van der Waals surface area contributed by atoms with Crippen LogP contribution in [0.3, 0.4) is 0 Å². The van der Waals surface area contributed by atoms with Gasteiger partial charge >= 0.3 is 0 Å². The van der Waals surface area contributed by atoms with E-state index in [-0.39, 0.29) is 11.8 Å². The molecule has 1 rings (SSSR count). The van der Waals surface area contributed by atoms with E-state index in [2.05, 4.69) is 5.11 Å². The van der Waals surface area contributed by atoms with E-state index in [1.165, 1.54) is 0 Å². The minimum absolute atomic E-state index is 0.245. The summed E-state index contributed by atoms with van der Waals surface area (Å²) in [5, 5.41) is 3.96. The third kappa shape index (κ3) is 1.29. The van der Waals surface area contributed by atoms with Crippen molar-refractivity contribution in [3.8, 4) is 5.75 Å². The van der Waals surface area contributed by atoms with Crippen LogP contribution in [0.25, 0.3) is 0 Å². The average molecular weight is 127 g/mol. The second kappa shape index (κ2) is 2.31. The highest BCUT2D eigenvalue weighted by atomic mass is 16.3. The Bertz CT molecular complexity index is 361. The summed E-state index contributed by atoms with van der Waals surface area (Å²) >= 11 is 0. The maximum absolute atomic E-state index is 10.5. The van der Waals surface area contributed by atoms with Crippen molar-refractivity contribution in [1.29, 1.82) is 1.43 Å². The lowest BCUT2D eigenvalue weighted by Crippen LogP contribution is -1.74. The van der Waals surface area contributed by atoms with E-state index >= 15 is 0 Å². The minimum atomic E-state index is -0.525. The lowest BCUT2D eigenvalue weighted by atomic mass is 10.2. The highest BCUT2D eigenvalue weighted by Crippen LogP contribution is 2.07. The molecule has 0 saturated carbocycles. The van der Waals surface area contributed by atoms with Crippen molar-refractivity contribution >= 4 is 6.29 Å². The number of aromatic hydroxyl groups is 1. The molecule has 1 N–H and O–H groups in total. The van der Waals surface area contributed by atoms with Gasteiger partial charge < -0.3 is 5.11 Å². The molecule has 0 unspecified atom stereocenters. The molecule has 0 aliphatic heterocycles. The zero-order valence-electron chi connectivity index (χ0n) is 9.39. The van der Waals surface area contributed by atoms with E-state index in [0.29, 0.717) is 0 Å². The third-order valence-electron chi connectivity index (χ3n) is 0.739. The fourth-order valence-corrected chi connectivity index (χ4v) is 0.370. The first-order chi connectivity index (χ1) is 6.54. The predicted octanol–water partition coefficient (Wildman–Crippen LogP) is 1.20. The average Bonchev–Trinajstić information content (AvgIpc) is 2.17. The number of hydrogen-bond acceptors (Lipinski definition) is 2. The summed E-state index contributed by atoms with van der Waals surface area (Å²) in [5.74, 6) is -0.481. The van der Waals surface area contributed by atoms with Gasteiger partial charge in [-0.15, -0.1) is 0 Å². The number of rotatable bonds is 2. The topological polar surface area (TPSA) is 37.3 Å². The van der Waals surface area contributed by atoms with Gasteiger partial charge in [0.1, 0.15) is 12.0 Å². The van der Waals surface area contributed by atoms with Crippen LogP contribution >= 0.6 is 0 Å². The molecule has 0 radical (unpaired) electrons. The molecule has 1 aromatic carbocycles. The standard InChI is InChI=1S/C7H6O2/c8-5-6-1-3-7(9)4-2-6/h1-5,9H/i1D,2D,3D,4D/hD. The molecule has 0 aliphatic carbocycles. The first-order valence-corrected chi connectivity index (χ1v) is 2.23. The molecule has 0 aliphatic rings. The Morgan fingerprint density at radius 2 is 2.22 bits per heavy atom. The van der Waals surface area contributed by atoms with E-state index in [1.807, 2.05) is 0 Å². The first kappa shape index (κ1) is 2.14. The number of carbonyl (C=O) groups is 1. The fourth-order valence-electron chi connectivity index (χ4n) is 0.370. The van der Waals surface area contributed by atoms with Gasteiger partial charge in [0.15, 0.2) is 0 Å². The van der Waals surface area contributed by atoms with Crippen LogP contribution in [0.5, 0.6) is 5.75 Å². The Balaban J connectivity index is 3.63. The molecule has 9 heavy (non-hydrogen) atoms. The molecule has 0 spiro atoms. The van der Waals surface area contributed by atoms with Gasteiger partial charge in [-0.25, -0.2) is 0 Å². The van der Waals surface area contributed by atoms with Crippen molar-refractivity contribution in [2.24, 2.45) is 0 Å². The summed E-state index contributed by atoms with van der Waals surface area (Å²) in [4.78, 5) is 10.5. The zero-order valence-corrected chi connectivity index (χ0v) is 4.39. The summed E-state index contributed by atoms with van der Waals surface area (Å²) in [6.07, 6.45) is 0.245. The predicted molar refractivity (Wildman–Crippen MR) is 33.5 cm³/mol. The minimum Gasteiger partial charge on any atom is -0.508 e. The summed E-state index contributed by atoms with van der Waals surface area (Å²) in [7, 11) is 0. The number of phenols is 1. The molecule has 1 aromatic rings. The molecule has 0 amide bonds. The molecular weight excluding hydrogens is 116 g/mol. The van der Waals surface area contributed by atoms with E-state index < -0.39 is 29.9 Å². The van der Waals surface area contributed by atoms with E-state index in [4.69, 9.17) is 6.91 Å². The van der Waals surface area contributed by atoms with E-state index in [9.17, 15) is 4.79 Å². The van der Waals surface area contributed by atoms with Gasteiger partial charge in [-0.3, -0.25) is 4.79 Å². The summed E-state index contributed by atoms with van der Waals surface area (Å²) in [6.45, 7) is 0. The molecule has 0 saturated heterocycles. The summed E-state index contributed by atoms with van der Waals surface area (Å²) < 4.78 is 35.7. The van der Waals surface area contributed by atoms with Crippen LogP contribution < -0.4 is 0 Å². The number of phenolic OH excluding ortho intramolecular Hbond substituents is 1. The van der Waals surface area contributed by atoms with E-state index in [0.717, 1.165) is 0 Å². The van der Waals surface area contributed by atoms with Crippen molar-refractivity contribution in [3.63, 3.8) is 0 Å². The van der Waals surface area contributed by atoms with Crippen LogP contribution in [0.15, 0.2) is 24.2 Å². The maximum atomic E-state index is 10.5. The number of aldehydes is 1. The smallest absolute Gasteiger partial charge is 0.293 e. The van der Waals surface area contributed by atoms with Crippen LogP contribution in [-0.2, 0) is 0 Å². The van der Waals surface area contributed by atoms with Crippen LogP contribution in [0, 0.1) is 0 Å². The summed E-state index contributed by atoms with van der Waals surface area (Å²) in [5.41, 5.74) is -0.333. The molecule has 0 atom stereocenters. The van der Waals surface area contributed by atoms with Gasteiger partial charge in [0.05, 0.1) is 5.48 Å². The Hall–Kier alpha value is -1.31. The van der Waals surface area contributed by atoms with Gasteiger partial charge in [-0.2, -0.15) is 0 Å². The molecule has 0 fully saturated rings. The molecule has 0 heterocycles. The quantitative estimate of drug-likeness (QED) is 0.606. The normalized spacial score (nSPS) is 16.2. The second-order valence-corrected chi connectivity index (χ2v) is 1.36. The monoisotopic (exact) mass is 127 g/mol. The first-order valence-electron chi connectivity index (χ1n) is 4.64. The van der Waals surface area contributed by atoms with Gasteiger partial charge in [0.2, 0.25) is 0 Å².